The van der Waals surface area contributed by atoms with Crippen LogP contribution in [0.2, 0.25) is 0 Å². The number of nitrogens with zero attached hydrogens (tertiary/aromatic N) is 1. The molecule has 0 aliphatic carbocycles. The van der Waals surface area contributed by atoms with E-state index in [1.54, 1.807) is 0 Å². The molecule has 3 aromatic rings. The van der Waals surface area contributed by atoms with Gasteiger partial charge < -0.3 is 5.32 Å². The van der Waals surface area contributed by atoms with Crippen molar-refractivity contribution in [2.75, 3.05) is 5.32 Å². The van der Waals surface area contributed by atoms with E-state index in [4.69, 9.17) is 0 Å². The Balaban J connectivity index is 1.69. The van der Waals surface area contributed by atoms with E-state index in [1.165, 1.54) is 22.5 Å². The molecule has 1 aromatic heterocycles. The quantitative estimate of drug-likeness (QED) is 0.762. The molecule has 3 rings (SSSR count). The molecule has 3 nitrogen and oxygen atoms in total. The normalized spacial score (nSPS) is 10.5. The van der Waals surface area contributed by atoms with Crippen LogP contribution in [-0.2, 0) is 11.2 Å². The molecule has 0 unspecified atom stereocenters. The molecule has 1 heterocycles. The highest BCUT2D eigenvalue weighted by molar-refractivity contribution is 7.14. The van der Waals surface area contributed by atoms with Gasteiger partial charge in [0.2, 0.25) is 5.91 Å². The van der Waals surface area contributed by atoms with E-state index >= 15 is 0 Å². The smallest absolute Gasteiger partial charge is 0.230 e. The number of carbonyl (C=O) groups is 1. The molecule has 0 spiro atoms. The van der Waals surface area contributed by atoms with Gasteiger partial charge >= 0.3 is 0 Å². The van der Waals surface area contributed by atoms with Gasteiger partial charge in [-0.15, -0.1) is 11.3 Å². The number of rotatable bonds is 4. The Labute approximate surface area is 140 Å². The van der Waals surface area contributed by atoms with Gasteiger partial charge in [-0.3, -0.25) is 4.79 Å². The number of aryl methyl sites for hydroxylation is 2. The maximum atomic E-state index is 12.1. The van der Waals surface area contributed by atoms with E-state index in [0.717, 1.165) is 16.8 Å². The molecule has 116 valence electrons. The number of amides is 1. The molecule has 1 N–H and O–H groups in total. The summed E-state index contributed by atoms with van der Waals surface area (Å²) in [4.78, 5) is 16.6. The van der Waals surface area contributed by atoms with Crippen molar-refractivity contribution >= 4 is 22.4 Å². The first-order valence-electron chi connectivity index (χ1n) is 7.49. The van der Waals surface area contributed by atoms with Crippen LogP contribution in [0.3, 0.4) is 0 Å². The SMILES string of the molecule is Cc1ccc(-c2csc(NC(=O)Cc3ccccc3)n2)cc1C. The molecule has 0 bridgehead atoms. The molecular formula is C19H18N2OS. The first kappa shape index (κ1) is 15.4. The van der Waals surface area contributed by atoms with Gasteiger partial charge in [-0.25, -0.2) is 4.98 Å². The zero-order chi connectivity index (χ0) is 16.2. The third-order valence-electron chi connectivity index (χ3n) is 3.76. The Hall–Kier alpha value is -2.46. The third-order valence-corrected chi connectivity index (χ3v) is 4.52. The average Bonchev–Trinajstić information content (AvgIpc) is 2.99. The minimum absolute atomic E-state index is 0.0443. The van der Waals surface area contributed by atoms with Crippen LogP contribution in [0.25, 0.3) is 11.3 Å². The van der Waals surface area contributed by atoms with Crippen LogP contribution in [0.4, 0.5) is 5.13 Å². The van der Waals surface area contributed by atoms with Crippen molar-refractivity contribution in [1.29, 1.82) is 0 Å². The third kappa shape index (κ3) is 3.85. The number of nitrogens with one attached hydrogen (secondary N) is 1. The number of carbonyl (C=O) groups excluding carboxylic acids is 1. The van der Waals surface area contributed by atoms with Crippen LogP contribution < -0.4 is 5.32 Å². The summed E-state index contributed by atoms with van der Waals surface area (Å²) in [5.41, 5.74) is 5.47. The largest absolute Gasteiger partial charge is 0.302 e. The van der Waals surface area contributed by atoms with Crippen LogP contribution in [-0.4, -0.2) is 10.9 Å². The summed E-state index contributed by atoms with van der Waals surface area (Å²) in [6.45, 7) is 4.18. The van der Waals surface area contributed by atoms with Crippen molar-refractivity contribution < 1.29 is 4.79 Å². The number of hydrogen-bond acceptors (Lipinski definition) is 3. The minimum atomic E-state index is -0.0443. The van der Waals surface area contributed by atoms with E-state index < -0.39 is 0 Å². The summed E-state index contributed by atoms with van der Waals surface area (Å²) in [5, 5.41) is 5.49. The van der Waals surface area contributed by atoms with Crippen LogP contribution in [0.15, 0.2) is 53.9 Å². The molecule has 0 saturated heterocycles. The van der Waals surface area contributed by atoms with Crippen LogP contribution in [0, 0.1) is 13.8 Å². The number of anilines is 1. The summed E-state index contributed by atoms with van der Waals surface area (Å²) in [6.07, 6.45) is 0.361. The molecule has 0 aliphatic heterocycles. The maximum absolute atomic E-state index is 12.1. The van der Waals surface area contributed by atoms with Crippen molar-refractivity contribution in [2.24, 2.45) is 0 Å². The lowest BCUT2D eigenvalue weighted by Crippen LogP contribution is -2.14. The van der Waals surface area contributed by atoms with Crippen molar-refractivity contribution in [3.8, 4) is 11.3 Å². The van der Waals surface area contributed by atoms with Gasteiger partial charge in [0.25, 0.3) is 0 Å². The predicted octanol–water partition coefficient (Wildman–Crippen LogP) is 4.61. The Morgan fingerprint density at radius 2 is 1.87 bits per heavy atom. The molecule has 4 heteroatoms. The average molecular weight is 322 g/mol. The zero-order valence-corrected chi connectivity index (χ0v) is 14.0. The fourth-order valence-electron chi connectivity index (χ4n) is 2.31. The summed E-state index contributed by atoms with van der Waals surface area (Å²) >= 11 is 1.45. The van der Waals surface area contributed by atoms with Crippen molar-refractivity contribution in [3.05, 3.63) is 70.6 Å². The van der Waals surface area contributed by atoms with Crippen LogP contribution >= 0.6 is 11.3 Å². The number of hydrogen-bond donors (Lipinski definition) is 1. The topological polar surface area (TPSA) is 42.0 Å². The van der Waals surface area contributed by atoms with Crippen molar-refractivity contribution in [2.45, 2.75) is 20.3 Å². The van der Waals surface area contributed by atoms with Gasteiger partial charge in [0, 0.05) is 10.9 Å². The summed E-state index contributed by atoms with van der Waals surface area (Å²) in [7, 11) is 0. The lowest BCUT2D eigenvalue weighted by Gasteiger charge is -2.03. The summed E-state index contributed by atoms with van der Waals surface area (Å²) in [5.74, 6) is -0.0443. The lowest BCUT2D eigenvalue weighted by molar-refractivity contribution is -0.115. The van der Waals surface area contributed by atoms with E-state index in [9.17, 15) is 4.79 Å². The maximum Gasteiger partial charge on any atom is 0.230 e. The molecule has 0 saturated carbocycles. The Morgan fingerprint density at radius 3 is 2.61 bits per heavy atom. The van der Waals surface area contributed by atoms with Gasteiger partial charge in [0.15, 0.2) is 5.13 Å². The number of aromatic nitrogens is 1. The molecule has 2 aromatic carbocycles. The molecule has 0 aliphatic rings. The number of benzene rings is 2. The molecule has 23 heavy (non-hydrogen) atoms. The first-order valence-corrected chi connectivity index (χ1v) is 8.37. The highest BCUT2D eigenvalue weighted by Gasteiger charge is 2.09. The van der Waals surface area contributed by atoms with Crippen molar-refractivity contribution in [3.63, 3.8) is 0 Å². The summed E-state index contributed by atoms with van der Waals surface area (Å²) < 4.78 is 0. The van der Waals surface area contributed by atoms with E-state index in [-0.39, 0.29) is 5.91 Å². The van der Waals surface area contributed by atoms with Crippen molar-refractivity contribution in [1.82, 2.24) is 4.98 Å². The highest BCUT2D eigenvalue weighted by atomic mass is 32.1. The van der Waals surface area contributed by atoms with Gasteiger partial charge in [-0.05, 0) is 36.6 Å². The lowest BCUT2D eigenvalue weighted by atomic mass is 10.1. The second-order valence-corrected chi connectivity index (χ2v) is 6.41. The van der Waals surface area contributed by atoms with E-state index in [2.05, 4.69) is 42.3 Å². The molecule has 0 atom stereocenters. The minimum Gasteiger partial charge on any atom is -0.302 e. The number of thiazole rings is 1. The fourth-order valence-corrected chi connectivity index (χ4v) is 3.05. The summed E-state index contributed by atoms with van der Waals surface area (Å²) in [6, 6.07) is 16.0. The Morgan fingerprint density at radius 1 is 1.09 bits per heavy atom. The Bertz CT molecular complexity index is 824. The van der Waals surface area contributed by atoms with E-state index in [1.807, 2.05) is 35.7 Å². The highest BCUT2D eigenvalue weighted by Crippen LogP contribution is 2.26. The predicted molar refractivity (Wildman–Crippen MR) is 95.8 cm³/mol. The Kier molecular flexibility index (Phi) is 4.53. The second-order valence-electron chi connectivity index (χ2n) is 5.55. The standard InChI is InChI=1S/C19H18N2OS/c1-13-8-9-16(10-14(13)2)17-12-23-19(20-17)21-18(22)11-15-6-4-3-5-7-15/h3-10,12H,11H2,1-2H3,(H,20,21,22). The first-order chi connectivity index (χ1) is 11.1. The fraction of sp³-hybridized carbons (Fsp3) is 0.158. The van der Waals surface area contributed by atoms with Crippen LogP contribution in [0.5, 0.6) is 0 Å². The molecule has 0 radical (unpaired) electrons. The zero-order valence-electron chi connectivity index (χ0n) is 13.2. The van der Waals surface area contributed by atoms with E-state index in [0.29, 0.717) is 11.6 Å². The molecule has 0 fully saturated rings. The van der Waals surface area contributed by atoms with Gasteiger partial charge in [0.05, 0.1) is 12.1 Å². The molecule has 1 amide bonds. The monoisotopic (exact) mass is 322 g/mol. The van der Waals surface area contributed by atoms with Gasteiger partial charge in [0.1, 0.15) is 0 Å². The van der Waals surface area contributed by atoms with Gasteiger partial charge in [-0.1, -0.05) is 42.5 Å². The molecular weight excluding hydrogens is 304 g/mol. The van der Waals surface area contributed by atoms with Crippen LogP contribution in [0.1, 0.15) is 16.7 Å². The second kappa shape index (κ2) is 6.75. The van der Waals surface area contributed by atoms with Gasteiger partial charge in [-0.2, -0.15) is 0 Å².